The van der Waals surface area contributed by atoms with Crippen LogP contribution in [-0.2, 0) is 9.84 Å². The van der Waals surface area contributed by atoms with Gasteiger partial charge >= 0.3 is 0 Å². The van der Waals surface area contributed by atoms with Crippen LogP contribution in [0.2, 0.25) is 0 Å². The minimum absolute atomic E-state index is 0.276. The summed E-state index contributed by atoms with van der Waals surface area (Å²) in [5, 5.41) is 3.63. The number of sulfone groups is 1. The zero-order valence-electron chi connectivity index (χ0n) is 12.9. The van der Waals surface area contributed by atoms with E-state index in [9.17, 15) is 8.42 Å². The van der Waals surface area contributed by atoms with Crippen molar-refractivity contribution in [2.45, 2.75) is 43.5 Å². The zero-order chi connectivity index (χ0) is 15.0. The molecule has 2 fully saturated rings. The maximum Gasteiger partial charge on any atom is 0.175 e. The number of rotatable bonds is 5. The van der Waals surface area contributed by atoms with Crippen LogP contribution in [0, 0.1) is 17.8 Å². The Hall–Kier alpha value is -0.870. The molecule has 0 heterocycles. The molecule has 1 N–H and O–H groups in total. The van der Waals surface area contributed by atoms with Gasteiger partial charge < -0.3 is 5.32 Å². The van der Waals surface area contributed by atoms with Crippen LogP contribution in [0.1, 0.15) is 44.2 Å². The maximum atomic E-state index is 11.5. The van der Waals surface area contributed by atoms with Gasteiger partial charge in [0, 0.05) is 12.3 Å². The van der Waals surface area contributed by atoms with Crippen LogP contribution in [-0.4, -0.2) is 21.2 Å². The van der Waals surface area contributed by atoms with Crippen molar-refractivity contribution in [1.29, 1.82) is 0 Å². The summed E-state index contributed by atoms with van der Waals surface area (Å²) in [6.07, 6.45) is 6.97. The highest BCUT2D eigenvalue weighted by molar-refractivity contribution is 7.90. The summed E-state index contributed by atoms with van der Waals surface area (Å²) in [5.74, 6) is 2.79. The summed E-state index contributed by atoms with van der Waals surface area (Å²) < 4.78 is 22.9. The largest absolute Gasteiger partial charge is 0.310 e. The van der Waals surface area contributed by atoms with Gasteiger partial charge in [-0.05, 0) is 68.2 Å². The molecule has 0 aliphatic heterocycles. The molecule has 0 saturated heterocycles. The van der Waals surface area contributed by atoms with Gasteiger partial charge in [-0.2, -0.15) is 0 Å². The Morgan fingerprint density at radius 2 is 1.90 bits per heavy atom. The predicted octanol–water partition coefficient (Wildman–Crippen LogP) is 3.18. The number of benzene rings is 1. The van der Waals surface area contributed by atoms with Crippen LogP contribution in [0.15, 0.2) is 29.2 Å². The van der Waals surface area contributed by atoms with E-state index in [4.69, 9.17) is 0 Å². The molecular formula is C17H25NO2S. The molecule has 21 heavy (non-hydrogen) atoms. The van der Waals surface area contributed by atoms with Gasteiger partial charge in [0.05, 0.1) is 4.90 Å². The smallest absolute Gasteiger partial charge is 0.175 e. The lowest BCUT2D eigenvalue weighted by atomic mass is 9.88. The number of hydrogen-bond acceptors (Lipinski definition) is 3. The van der Waals surface area contributed by atoms with Crippen molar-refractivity contribution in [3.05, 3.63) is 29.8 Å². The van der Waals surface area contributed by atoms with Crippen LogP contribution in [0.3, 0.4) is 0 Å². The molecule has 0 amide bonds. The molecule has 0 spiro atoms. The highest BCUT2D eigenvalue weighted by atomic mass is 32.2. The topological polar surface area (TPSA) is 46.2 Å². The first-order chi connectivity index (χ1) is 9.93. The summed E-state index contributed by atoms with van der Waals surface area (Å²) in [4.78, 5) is 0.395. The lowest BCUT2D eigenvalue weighted by molar-refractivity contribution is 0.309. The van der Waals surface area contributed by atoms with Gasteiger partial charge in [0.2, 0.25) is 0 Å². The van der Waals surface area contributed by atoms with Crippen molar-refractivity contribution in [2.75, 3.05) is 12.8 Å². The Morgan fingerprint density at radius 3 is 2.43 bits per heavy atom. The standard InChI is InChI=1S/C17H25NO2S/c1-12(14-5-7-17(8-6-14)21(2,19)20)18-11-16-10-13-3-4-15(16)9-13/h5-8,12-13,15-16,18H,3-4,9-11H2,1-2H3. The van der Waals surface area contributed by atoms with Crippen LogP contribution >= 0.6 is 0 Å². The Balaban J connectivity index is 1.57. The lowest BCUT2D eigenvalue weighted by Crippen LogP contribution is -2.28. The molecule has 4 atom stereocenters. The quantitative estimate of drug-likeness (QED) is 0.909. The molecule has 116 valence electrons. The molecule has 2 aliphatic carbocycles. The van der Waals surface area contributed by atoms with E-state index < -0.39 is 9.84 Å². The summed E-state index contributed by atoms with van der Waals surface area (Å²) in [6.45, 7) is 3.25. The first-order valence-electron chi connectivity index (χ1n) is 7.97. The van der Waals surface area contributed by atoms with Crippen molar-refractivity contribution in [2.24, 2.45) is 17.8 Å². The van der Waals surface area contributed by atoms with E-state index in [1.807, 2.05) is 12.1 Å². The van der Waals surface area contributed by atoms with Gasteiger partial charge in [-0.15, -0.1) is 0 Å². The SMILES string of the molecule is CC(NCC1CC2CCC1C2)c1ccc(S(C)(=O)=O)cc1. The molecule has 3 nitrogen and oxygen atoms in total. The van der Waals surface area contributed by atoms with Crippen molar-refractivity contribution in [1.82, 2.24) is 5.32 Å². The normalized spacial score (nSPS) is 29.7. The summed E-state index contributed by atoms with van der Waals surface area (Å²) in [6, 6.07) is 7.54. The van der Waals surface area contributed by atoms with Crippen LogP contribution in [0.4, 0.5) is 0 Å². The van der Waals surface area contributed by atoms with Gasteiger partial charge in [-0.1, -0.05) is 18.6 Å². The first kappa shape index (κ1) is 15.0. The molecule has 3 rings (SSSR count). The minimum atomic E-state index is -3.10. The average Bonchev–Trinajstić information content (AvgIpc) is 3.06. The number of hydrogen-bond donors (Lipinski definition) is 1. The van der Waals surface area contributed by atoms with Crippen LogP contribution in [0.5, 0.6) is 0 Å². The predicted molar refractivity (Wildman–Crippen MR) is 84.9 cm³/mol. The van der Waals surface area contributed by atoms with E-state index >= 15 is 0 Å². The van der Waals surface area contributed by atoms with Crippen molar-refractivity contribution in [3.8, 4) is 0 Å². The second kappa shape index (κ2) is 5.73. The Bertz CT molecular complexity index is 594. The van der Waals surface area contributed by atoms with E-state index in [2.05, 4.69) is 12.2 Å². The van der Waals surface area contributed by atoms with Crippen molar-refractivity contribution in [3.63, 3.8) is 0 Å². The molecule has 0 radical (unpaired) electrons. The zero-order valence-corrected chi connectivity index (χ0v) is 13.7. The second-order valence-corrected chi connectivity index (χ2v) is 8.92. The van der Waals surface area contributed by atoms with Gasteiger partial charge in [-0.25, -0.2) is 8.42 Å². The molecule has 2 aliphatic rings. The fourth-order valence-corrected chi connectivity index (χ4v) is 4.71. The number of nitrogens with one attached hydrogen (secondary N) is 1. The Labute approximate surface area is 128 Å². The third-order valence-electron chi connectivity index (χ3n) is 5.38. The molecule has 2 saturated carbocycles. The highest BCUT2D eigenvalue weighted by Gasteiger charge is 2.39. The monoisotopic (exact) mass is 307 g/mol. The van der Waals surface area contributed by atoms with Gasteiger partial charge in [-0.3, -0.25) is 0 Å². The van der Waals surface area contributed by atoms with Crippen molar-refractivity contribution >= 4 is 9.84 Å². The molecule has 2 bridgehead atoms. The second-order valence-electron chi connectivity index (χ2n) is 6.91. The summed E-state index contributed by atoms with van der Waals surface area (Å²) in [7, 11) is -3.10. The lowest BCUT2D eigenvalue weighted by Gasteiger charge is -2.24. The molecule has 4 heteroatoms. The van der Waals surface area contributed by atoms with Gasteiger partial charge in [0.15, 0.2) is 9.84 Å². The Morgan fingerprint density at radius 1 is 1.19 bits per heavy atom. The molecular weight excluding hydrogens is 282 g/mol. The molecule has 4 unspecified atom stereocenters. The first-order valence-corrected chi connectivity index (χ1v) is 9.86. The van der Waals surface area contributed by atoms with E-state index in [1.54, 1.807) is 12.1 Å². The fourth-order valence-electron chi connectivity index (χ4n) is 4.08. The third-order valence-corrected chi connectivity index (χ3v) is 6.51. The summed E-state index contributed by atoms with van der Waals surface area (Å²) in [5.41, 5.74) is 1.16. The van der Waals surface area contributed by atoms with E-state index in [1.165, 1.54) is 31.9 Å². The van der Waals surface area contributed by atoms with Crippen LogP contribution in [0.25, 0.3) is 0 Å². The average molecular weight is 307 g/mol. The van der Waals surface area contributed by atoms with E-state index in [-0.39, 0.29) is 6.04 Å². The van der Waals surface area contributed by atoms with Crippen molar-refractivity contribution < 1.29 is 8.42 Å². The third kappa shape index (κ3) is 3.32. The molecule has 1 aromatic rings. The van der Waals surface area contributed by atoms with E-state index in [0.717, 1.165) is 29.9 Å². The molecule has 1 aromatic carbocycles. The minimum Gasteiger partial charge on any atom is -0.310 e. The van der Waals surface area contributed by atoms with Gasteiger partial charge in [0.1, 0.15) is 0 Å². The van der Waals surface area contributed by atoms with E-state index in [0.29, 0.717) is 4.90 Å². The van der Waals surface area contributed by atoms with Crippen LogP contribution < -0.4 is 5.32 Å². The molecule has 0 aromatic heterocycles. The van der Waals surface area contributed by atoms with Gasteiger partial charge in [0.25, 0.3) is 0 Å². The maximum absolute atomic E-state index is 11.5. The Kier molecular flexibility index (Phi) is 4.10. The number of fused-ring (bicyclic) bond motifs is 2. The highest BCUT2D eigenvalue weighted by Crippen LogP contribution is 2.48. The summed E-state index contributed by atoms with van der Waals surface area (Å²) >= 11 is 0. The fraction of sp³-hybridized carbons (Fsp3) is 0.647.